The number of halogens is 1. The van der Waals surface area contributed by atoms with Crippen LogP contribution in [0.1, 0.15) is 32.6 Å². The van der Waals surface area contributed by atoms with Crippen LogP contribution in [0.2, 0.25) is 0 Å². The molecule has 0 aromatic rings. The molecule has 0 radical (unpaired) electrons. The summed E-state index contributed by atoms with van der Waals surface area (Å²) in [6, 6.07) is 0. The van der Waals surface area contributed by atoms with Gasteiger partial charge in [0.1, 0.15) is 0 Å². The molecule has 1 fully saturated rings. The zero-order valence-corrected chi connectivity index (χ0v) is 7.85. The first-order chi connectivity index (χ1) is 6.04. The number of alkyl halides is 1. The van der Waals surface area contributed by atoms with Crippen LogP contribution < -0.4 is 5.32 Å². The molecule has 3 nitrogen and oxygen atoms in total. The van der Waals surface area contributed by atoms with Gasteiger partial charge in [0, 0.05) is 6.54 Å². The molecular formula is C9H16FNO2. The molecule has 4 heteroatoms. The molecule has 0 unspecified atom stereocenters. The normalized spacial score (nSPS) is 22.7. The van der Waals surface area contributed by atoms with E-state index in [4.69, 9.17) is 5.11 Å². The Hall–Kier alpha value is -0.640. The number of carbonyl (C=O) groups excluding carboxylic acids is 1. The van der Waals surface area contributed by atoms with Crippen molar-refractivity contribution in [2.75, 3.05) is 6.54 Å². The molecule has 0 aliphatic heterocycles. The number of hydrogen-bond acceptors (Lipinski definition) is 2. The maximum atomic E-state index is 13.7. The Balaban J connectivity index is 2.38. The van der Waals surface area contributed by atoms with Crippen LogP contribution in [0.5, 0.6) is 0 Å². The Labute approximate surface area is 77.3 Å². The van der Waals surface area contributed by atoms with Gasteiger partial charge in [-0.1, -0.05) is 0 Å². The van der Waals surface area contributed by atoms with Crippen molar-refractivity contribution in [1.29, 1.82) is 0 Å². The molecule has 0 aromatic carbocycles. The minimum Gasteiger partial charge on any atom is -0.392 e. The van der Waals surface area contributed by atoms with Gasteiger partial charge in [0.15, 0.2) is 5.67 Å². The molecule has 0 saturated heterocycles. The summed E-state index contributed by atoms with van der Waals surface area (Å²) in [7, 11) is 0. The molecule has 1 aliphatic rings. The fourth-order valence-electron chi connectivity index (χ4n) is 1.56. The van der Waals surface area contributed by atoms with Crippen molar-refractivity contribution in [1.82, 2.24) is 5.32 Å². The summed E-state index contributed by atoms with van der Waals surface area (Å²) >= 11 is 0. The van der Waals surface area contributed by atoms with Crippen LogP contribution in [0.15, 0.2) is 0 Å². The number of hydrogen-bond donors (Lipinski definition) is 2. The number of rotatable bonds is 3. The first-order valence-corrected chi connectivity index (χ1v) is 4.70. The van der Waals surface area contributed by atoms with Crippen molar-refractivity contribution >= 4 is 5.91 Å². The van der Waals surface area contributed by atoms with Crippen molar-refractivity contribution in [2.24, 2.45) is 0 Å². The van der Waals surface area contributed by atoms with Gasteiger partial charge in [-0.2, -0.15) is 0 Å². The fourth-order valence-corrected chi connectivity index (χ4v) is 1.56. The lowest BCUT2D eigenvalue weighted by Gasteiger charge is -2.18. The highest BCUT2D eigenvalue weighted by molar-refractivity contribution is 5.85. The van der Waals surface area contributed by atoms with Crippen molar-refractivity contribution < 1.29 is 14.3 Å². The molecule has 76 valence electrons. The molecule has 0 aromatic heterocycles. The average molecular weight is 189 g/mol. The van der Waals surface area contributed by atoms with Crippen LogP contribution >= 0.6 is 0 Å². The number of nitrogens with one attached hydrogen (secondary N) is 1. The first kappa shape index (κ1) is 10.4. The van der Waals surface area contributed by atoms with Gasteiger partial charge >= 0.3 is 0 Å². The van der Waals surface area contributed by atoms with Gasteiger partial charge in [-0.15, -0.1) is 0 Å². The van der Waals surface area contributed by atoms with Gasteiger partial charge in [-0.25, -0.2) is 4.39 Å². The van der Waals surface area contributed by atoms with E-state index in [1.165, 1.54) is 0 Å². The molecule has 1 rings (SSSR count). The van der Waals surface area contributed by atoms with Gasteiger partial charge in [-0.05, 0) is 32.6 Å². The van der Waals surface area contributed by atoms with Gasteiger partial charge < -0.3 is 10.4 Å². The van der Waals surface area contributed by atoms with E-state index in [-0.39, 0.29) is 6.54 Å². The SMILES string of the molecule is C[C@@H](O)CNC(=O)C1(F)CCCC1. The Morgan fingerprint density at radius 3 is 2.62 bits per heavy atom. The maximum Gasteiger partial charge on any atom is 0.257 e. The quantitative estimate of drug-likeness (QED) is 0.688. The minimum atomic E-state index is -1.67. The second-order valence-corrected chi connectivity index (χ2v) is 3.73. The predicted molar refractivity (Wildman–Crippen MR) is 47.0 cm³/mol. The molecule has 1 aliphatic carbocycles. The summed E-state index contributed by atoms with van der Waals surface area (Å²) in [5.41, 5.74) is -1.67. The highest BCUT2D eigenvalue weighted by Gasteiger charge is 2.41. The van der Waals surface area contributed by atoms with E-state index < -0.39 is 17.7 Å². The Kier molecular flexibility index (Phi) is 3.25. The Morgan fingerprint density at radius 1 is 1.62 bits per heavy atom. The van der Waals surface area contributed by atoms with Crippen LogP contribution in [0.3, 0.4) is 0 Å². The van der Waals surface area contributed by atoms with E-state index in [1.807, 2.05) is 0 Å². The van der Waals surface area contributed by atoms with E-state index in [0.29, 0.717) is 12.8 Å². The molecular weight excluding hydrogens is 173 g/mol. The Bertz CT molecular complexity index is 188. The van der Waals surface area contributed by atoms with Crippen LogP contribution in [0, 0.1) is 0 Å². The molecule has 13 heavy (non-hydrogen) atoms. The third kappa shape index (κ3) is 2.66. The van der Waals surface area contributed by atoms with E-state index >= 15 is 0 Å². The monoisotopic (exact) mass is 189 g/mol. The largest absolute Gasteiger partial charge is 0.392 e. The van der Waals surface area contributed by atoms with Gasteiger partial charge in [0.2, 0.25) is 0 Å². The molecule has 1 amide bonds. The van der Waals surface area contributed by atoms with Crippen LogP contribution in [-0.2, 0) is 4.79 Å². The topological polar surface area (TPSA) is 49.3 Å². The number of aliphatic hydroxyl groups is 1. The second kappa shape index (κ2) is 4.05. The van der Waals surface area contributed by atoms with Crippen molar-refractivity contribution in [2.45, 2.75) is 44.4 Å². The lowest BCUT2D eigenvalue weighted by Crippen LogP contribution is -2.43. The first-order valence-electron chi connectivity index (χ1n) is 4.70. The summed E-state index contributed by atoms with van der Waals surface area (Å²) in [5.74, 6) is -0.564. The van der Waals surface area contributed by atoms with Crippen molar-refractivity contribution in [3.8, 4) is 0 Å². The number of aliphatic hydroxyl groups excluding tert-OH is 1. The third-order valence-corrected chi connectivity index (χ3v) is 2.36. The molecule has 2 N–H and O–H groups in total. The summed E-state index contributed by atoms with van der Waals surface area (Å²) < 4.78 is 13.7. The third-order valence-electron chi connectivity index (χ3n) is 2.36. The number of carbonyl (C=O) groups is 1. The molecule has 0 spiro atoms. The summed E-state index contributed by atoms with van der Waals surface area (Å²) in [5, 5.41) is 11.3. The molecule has 1 atom stereocenters. The van der Waals surface area contributed by atoms with E-state index in [1.54, 1.807) is 6.92 Å². The minimum absolute atomic E-state index is 0.129. The van der Waals surface area contributed by atoms with E-state index in [9.17, 15) is 9.18 Å². The van der Waals surface area contributed by atoms with Crippen molar-refractivity contribution in [3.63, 3.8) is 0 Å². The lowest BCUT2D eigenvalue weighted by molar-refractivity contribution is -0.132. The second-order valence-electron chi connectivity index (χ2n) is 3.73. The molecule has 0 heterocycles. The van der Waals surface area contributed by atoms with Crippen LogP contribution in [0.25, 0.3) is 0 Å². The molecule has 0 bridgehead atoms. The van der Waals surface area contributed by atoms with E-state index in [0.717, 1.165) is 12.8 Å². The zero-order chi connectivity index (χ0) is 9.90. The fraction of sp³-hybridized carbons (Fsp3) is 0.889. The highest BCUT2D eigenvalue weighted by atomic mass is 19.1. The number of amides is 1. The summed E-state index contributed by atoms with van der Waals surface area (Å²) in [6.07, 6.45) is 1.57. The van der Waals surface area contributed by atoms with Gasteiger partial charge in [0.05, 0.1) is 6.10 Å². The highest BCUT2D eigenvalue weighted by Crippen LogP contribution is 2.33. The van der Waals surface area contributed by atoms with Crippen LogP contribution in [0.4, 0.5) is 4.39 Å². The lowest BCUT2D eigenvalue weighted by atomic mass is 10.0. The Morgan fingerprint density at radius 2 is 2.15 bits per heavy atom. The standard InChI is InChI=1S/C9H16FNO2/c1-7(12)6-11-8(13)9(10)4-2-3-5-9/h7,12H,2-6H2,1H3,(H,11,13)/t7-/m1/s1. The van der Waals surface area contributed by atoms with Crippen molar-refractivity contribution in [3.05, 3.63) is 0 Å². The smallest absolute Gasteiger partial charge is 0.257 e. The van der Waals surface area contributed by atoms with Gasteiger partial charge in [0.25, 0.3) is 5.91 Å². The predicted octanol–water partition coefficient (Wildman–Crippen LogP) is 0.766. The summed E-state index contributed by atoms with van der Waals surface area (Å²) in [4.78, 5) is 11.3. The average Bonchev–Trinajstić information content (AvgIpc) is 2.49. The van der Waals surface area contributed by atoms with Gasteiger partial charge in [-0.3, -0.25) is 4.79 Å². The molecule has 1 saturated carbocycles. The van der Waals surface area contributed by atoms with E-state index in [2.05, 4.69) is 5.32 Å². The maximum absolute atomic E-state index is 13.7. The summed E-state index contributed by atoms with van der Waals surface area (Å²) in [6.45, 7) is 1.68. The zero-order valence-electron chi connectivity index (χ0n) is 7.85. The van der Waals surface area contributed by atoms with Crippen LogP contribution in [-0.4, -0.2) is 29.3 Å².